The van der Waals surface area contributed by atoms with E-state index in [0.29, 0.717) is 29.3 Å². The van der Waals surface area contributed by atoms with Crippen LogP contribution in [0, 0.1) is 5.41 Å². The Bertz CT molecular complexity index is 943. The fourth-order valence-corrected chi connectivity index (χ4v) is 5.48. The lowest BCUT2D eigenvalue weighted by atomic mass is 9.67. The van der Waals surface area contributed by atoms with Gasteiger partial charge >= 0.3 is 0 Å². The van der Waals surface area contributed by atoms with Gasteiger partial charge in [0.15, 0.2) is 0 Å². The smallest absolute Gasteiger partial charge is 0.229 e. The number of rotatable bonds is 8. The van der Waals surface area contributed by atoms with Crippen molar-refractivity contribution in [2.75, 3.05) is 0 Å². The fraction of sp³-hybridized carbons (Fsp3) is 0.444. The summed E-state index contributed by atoms with van der Waals surface area (Å²) in [7, 11) is 0. The maximum Gasteiger partial charge on any atom is 0.229 e. The van der Waals surface area contributed by atoms with Crippen molar-refractivity contribution in [3.8, 4) is 0 Å². The zero-order chi connectivity index (χ0) is 23.5. The molecule has 3 nitrogen and oxygen atoms in total. The van der Waals surface area contributed by atoms with Gasteiger partial charge in [-0.2, -0.15) is 0 Å². The van der Waals surface area contributed by atoms with Gasteiger partial charge in [0.05, 0.1) is 17.6 Å². The first kappa shape index (κ1) is 24.8. The molecule has 1 aliphatic rings. The molecule has 0 radical (unpaired) electrons. The SMILES string of the molecule is C=CC[C@@]1(C)C[C@H](c2cccc(Cl)c2)[C@@H](c2ccc(Cl)cc2)N([C@@H](CC)C[C@H](C)O)C1=O. The molecule has 0 aromatic heterocycles. The molecular weight excluding hydrogens is 441 g/mol. The molecule has 1 N–H and O–H groups in total. The van der Waals surface area contributed by atoms with E-state index in [4.69, 9.17) is 23.2 Å². The summed E-state index contributed by atoms with van der Waals surface area (Å²) in [5.41, 5.74) is 1.57. The standard InChI is InChI=1S/C27H33Cl2NO2/c1-5-14-27(4)17-24(20-8-7-9-22(29)16-20)25(19-10-12-21(28)13-11-19)30(26(27)32)23(6-2)15-18(3)31/h5,7-13,16,18,23-25,31H,1,6,14-15,17H2,2-4H3/t18-,23-,24+,25+,27-/m0/s1. The van der Waals surface area contributed by atoms with Crippen molar-refractivity contribution >= 4 is 29.1 Å². The van der Waals surface area contributed by atoms with Crippen LogP contribution in [0.25, 0.3) is 0 Å². The van der Waals surface area contributed by atoms with Gasteiger partial charge in [0.25, 0.3) is 0 Å². The number of amides is 1. The molecule has 0 unspecified atom stereocenters. The van der Waals surface area contributed by atoms with E-state index in [1.807, 2.05) is 60.4 Å². The Balaban J connectivity index is 2.22. The summed E-state index contributed by atoms with van der Waals surface area (Å²) < 4.78 is 0. The van der Waals surface area contributed by atoms with Gasteiger partial charge in [-0.25, -0.2) is 0 Å². The molecule has 5 heteroatoms. The van der Waals surface area contributed by atoms with Crippen molar-refractivity contribution in [1.82, 2.24) is 4.90 Å². The summed E-state index contributed by atoms with van der Waals surface area (Å²) in [6.07, 6.45) is 3.90. The maximum atomic E-state index is 14.1. The Labute approximate surface area is 202 Å². The van der Waals surface area contributed by atoms with Crippen molar-refractivity contribution in [2.24, 2.45) is 5.41 Å². The first-order valence-electron chi connectivity index (χ1n) is 11.3. The number of nitrogens with zero attached hydrogens (tertiary/aromatic N) is 1. The van der Waals surface area contributed by atoms with Crippen molar-refractivity contribution in [1.29, 1.82) is 0 Å². The van der Waals surface area contributed by atoms with Crippen LogP contribution < -0.4 is 0 Å². The van der Waals surface area contributed by atoms with E-state index in [-0.39, 0.29) is 23.9 Å². The lowest BCUT2D eigenvalue weighted by molar-refractivity contribution is -0.155. The molecule has 1 fully saturated rings. The van der Waals surface area contributed by atoms with Crippen LogP contribution in [-0.4, -0.2) is 28.1 Å². The summed E-state index contributed by atoms with van der Waals surface area (Å²) in [4.78, 5) is 16.1. The molecule has 0 spiro atoms. The van der Waals surface area contributed by atoms with E-state index in [1.165, 1.54) is 0 Å². The Kier molecular flexibility index (Phi) is 8.08. The van der Waals surface area contributed by atoms with E-state index in [0.717, 1.165) is 17.5 Å². The summed E-state index contributed by atoms with van der Waals surface area (Å²) in [6.45, 7) is 9.82. The molecule has 0 saturated carbocycles. The topological polar surface area (TPSA) is 40.5 Å². The van der Waals surface area contributed by atoms with Crippen LogP contribution in [0.4, 0.5) is 0 Å². The van der Waals surface area contributed by atoms with Crippen LogP contribution in [0.15, 0.2) is 61.2 Å². The number of benzene rings is 2. The van der Waals surface area contributed by atoms with Crippen molar-refractivity contribution < 1.29 is 9.90 Å². The third-order valence-electron chi connectivity index (χ3n) is 6.66. The Morgan fingerprint density at radius 3 is 2.44 bits per heavy atom. The Morgan fingerprint density at radius 1 is 1.19 bits per heavy atom. The third kappa shape index (κ3) is 5.22. The molecule has 5 atom stereocenters. The first-order chi connectivity index (χ1) is 15.2. The molecule has 172 valence electrons. The Hall–Kier alpha value is -1.81. The van der Waals surface area contributed by atoms with Crippen LogP contribution >= 0.6 is 23.2 Å². The molecule has 0 aliphatic carbocycles. The number of allylic oxidation sites excluding steroid dienone is 1. The highest BCUT2D eigenvalue weighted by Crippen LogP contribution is 2.52. The van der Waals surface area contributed by atoms with E-state index in [9.17, 15) is 9.90 Å². The predicted molar refractivity (Wildman–Crippen MR) is 133 cm³/mol. The molecule has 32 heavy (non-hydrogen) atoms. The lowest BCUT2D eigenvalue weighted by Crippen LogP contribution is -2.55. The summed E-state index contributed by atoms with van der Waals surface area (Å²) in [5.74, 6) is 0.156. The first-order valence-corrected chi connectivity index (χ1v) is 12.1. The molecule has 3 rings (SSSR count). The molecular formula is C27H33Cl2NO2. The van der Waals surface area contributed by atoms with Crippen LogP contribution in [0.1, 0.15) is 69.5 Å². The summed E-state index contributed by atoms with van der Waals surface area (Å²) in [5, 5.41) is 11.6. The van der Waals surface area contributed by atoms with Crippen molar-refractivity contribution in [3.63, 3.8) is 0 Å². The molecule has 2 aromatic carbocycles. The average molecular weight is 474 g/mol. The van der Waals surface area contributed by atoms with Gasteiger partial charge in [-0.15, -0.1) is 6.58 Å². The maximum absolute atomic E-state index is 14.1. The van der Waals surface area contributed by atoms with E-state index >= 15 is 0 Å². The minimum absolute atomic E-state index is 0.0422. The minimum Gasteiger partial charge on any atom is -0.393 e. The van der Waals surface area contributed by atoms with Crippen LogP contribution in [0.2, 0.25) is 10.0 Å². The zero-order valence-electron chi connectivity index (χ0n) is 19.1. The minimum atomic E-state index is -0.580. The molecule has 1 heterocycles. The highest BCUT2D eigenvalue weighted by atomic mass is 35.5. The van der Waals surface area contributed by atoms with Crippen molar-refractivity contribution in [3.05, 3.63) is 82.4 Å². The monoisotopic (exact) mass is 473 g/mol. The second-order valence-corrected chi connectivity index (χ2v) is 10.1. The van der Waals surface area contributed by atoms with Gasteiger partial charge in [0.1, 0.15) is 0 Å². The lowest BCUT2D eigenvalue weighted by Gasteiger charge is -2.52. The highest BCUT2D eigenvalue weighted by Gasteiger charge is 2.50. The number of carbonyl (C=O) groups is 1. The zero-order valence-corrected chi connectivity index (χ0v) is 20.6. The largest absolute Gasteiger partial charge is 0.393 e. The van der Waals surface area contributed by atoms with Crippen LogP contribution in [-0.2, 0) is 4.79 Å². The van der Waals surface area contributed by atoms with Gasteiger partial charge in [0, 0.05) is 22.0 Å². The van der Waals surface area contributed by atoms with Gasteiger partial charge in [-0.1, -0.05) is 67.4 Å². The second kappa shape index (κ2) is 10.4. The molecule has 1 amide bonds. The van der Waals surface area contributed by atoms with E-state index in [2.05, 4.69) is 19.6 Å². The van der Waals surface area contributed by atoms with Crippen LogP contribution in [0.5, 0.6) is 0 Å². The quantitative estimate of drug-likeness (QED) is 0.412. The third-order valence-corrected chi connectivity index (χ3v) is 7.15. The van der Waals surface area contributed by atoms with E-state index in [1.54, 1.807) is 6.92 Å². The van der Waals surface area contributed by atoms with Gasteiger partial charge in [-0.3, -0.25) is 4.79 Å². The number of piperidine rings is 1. The van der Waals surface area contributed by atoms with Gasteiger partial charge in [-0.05, 0) is 68.0 Å². The van der Waals surface area contributed by atoms with Gasteiger partial charge < -0.3 is 10.0 Å². The molecule has 2 aromatic rings. The fourth-order valence-electron chi connectivity index (χ4n) is 5.16. The summed E-state index contributed by atoms with van der Waals surface area (Å²) in [6, 6.07) is 15.4. The summed E-state index contributed by atoms with van der Waals surface area (Å²) >= 11 is 12.6. The molecule has 1 saturated heterocycles. The van der Waals surface area contributed by atoms with Crippen LogP contribution in [0.3, 0.4) is 0 Å². The van der Waals surface area contributed by atoms with Crippen molar-refractivity contribution in [2.45, 2.75) is 70.6 Å². The second-order valence-electron chi connectivity index (χ2n) is 9.27. The number of likely N-dealkylation sites (tertiary alicyclic amines) is 1. The Morgan fingerprint density at radius 2 is 1.88 bits per heavy atom. The van der Waals surface area contributed by atoms with Gasteiger partial charge in [0.2, 0.25) is 5.91 Å². The molecule has 1 aliphatic heterocycles. The number of aliphatic hydroxyl groups excluding tert-OH is 1. The highest BCUT2D eigenvalue weighted by molar-refractivity contribution is 6.30. The van der Waals surface area contributed by atoms with E-state index < -0.39 is 11.5 Å². The number of hydrogen-bond donors (Lipinski definition) is 1. The number of halogens is 2. The number of carbonyl (C=O) groups excluding carboxylic acids is 1. The number of aliphatic hydroxyl groups is 1. The average Bonchev–Trinajstić information content (AvgIpc) is 2.75. The predicted octanol–water partition coefficient (Wildman–Crippen LogP) is 7.18. The number of hydrogen-bond acceptors (Lipinski definition) is 2. The normalized spacial score (nSPS) is 25.4. The molecule has 0 bridgehead atoms.